The first-order valence-corrected chi connectivity index (χ1v) is 8.48. The summed E-state index contributed by atoms with van der Waals surface area (Å²) in [6.07, 6.45) is 4.30. The molecule has 4 nitrogen and oxygen atoms in total. The Balaban J connectivity index is 2.36. The van der Waals surface area contributed by atoms with Gasteiger partial charge in [0.2, 0.25) is 0 Å². The fourth-order valence-electron chi connectivity index (χ4n) is 2.71. The van der Waals surface area contributed by atoms with Gasteiger partial charge in [0.05, 0.1) is 16.3 Å². The van der Waals surface area contributed by atoms with Gasteiger partial charge in [-0.15, -0.1) is 0 Å². The summed E-state index contributed by atoms with van der Waals surface area (Å²) in [5.41, 5.74) is 6.45. The van der Waals surface area contributed by atoms with Crippen LogP contribution in [0, 0.1) is 0 Å². The van der Waals surface area contributed by atoms with Crippen molar-refractivity contribution < 1.29 is 8.42 Å². The summed E-state index contributed by atoms with van der Waals surface area (Å²) < 4.78 is 24.2. The highest BCUT2D eigenvalue weighted by Gasteiger charge is 2.33. The summed E-state index contributed by atoms with van der Waals surface area (Å²) >= 11 is 0. The highest BCUT2D eigenvalue weighted by molar-refractivity contribution is 7.91. The zero-order valence-corrected chi connectivity index (χ0v) is 12.2. The lowest BCUT2D eigenvalue weighted by Crippen LogP contribution is -2.43. The molecule has 0 radical (unpaired) electrons. The molecule has 1 saturated carbocycles. The van der Waals surface area contributed by atoms with Crippen molar-refractivity contribution >= 4 is 15.5 Å². The van der Waals surface area contributed by atoms with Crippen LogP contribution in [0.15, 0.2) is 29.2 Å². The molecule has 1 aliphatic rings. The lowest BCUT2D eigenvalue weighted by atomic mass is 9.97. The van der Waals surface area contributed by atoms with Gasteiger partial charge in [0, 0.05) is 12.1 Å². The van der Waals surface area contributed by atoms with E-state index in [-0.39, 0.29) is 11.3 Å². The van der Waals surface area contributed by atoms with Crippen molar-refractivity contribution in [3.05, 3.63) is 24.3 Å². The molecule has 106 valence electrons. The Bertz CT molecular complexity index is 534. The second kappa shape index (κ2) is 5.51. The molecule has 1 aromatic rings. The van der Waals surface area contributed by atoms with Crippen LogP contribution in [-0.4, -0.2) is 26.3 Å². The maximum atomic E-state index is 12.1. The molecular weight excluding hydrogens is 260 g/mol. The topological polar surface area (TPSA) is 72.2 Å². The highest BCUT2D eigenvalue weighted by atomic mass is 32.2. The quantitative estimate of drug-likeness (QED) is 0.868. The van der Waals surface area contributed by atoms with E-state index in [0.29, 0.717) is 17.1 Å². The Morgan fingerprint density at radius 1 is 1.26 bits per heavy atom. The van der Waals surface area contributed by atoms with Crippen molar-refractivity contribution in [2.75, 3.05) is 17.6 Å². The molecule has 1 aliphatic carbocycles. The Hall–Kier alpha value is -1.07. The Morgan fingerprint density at radius 2 is 1.89 bits per heavy atom. The van der Waals surface area contributed by atoms with Crippen molar-refractivity contribution in [2.45, 2.75) is 43.0 Å². The molecule has 2 rings (SSSR count). The highest BCUT2D eigenvalue weighted by Crippen LogP contribution is 2.34. The van der Waals surface area contributed by atoms with Crippen molar-refractivity contribution in [2.24, 2.45) is 5.73 Å². The van der Waals surface area contributed by atoms with Crippen LogP contribution in [0.1, 0.15) is 32.6 Å². The Labute approximate surface area is 115 Å². The van der Waals surface area contributed by atoms with Crippen molar-refractivity contribution in [3.63, 3.8) is 0 Å². The van der Waals surface area contributed by atoms with Gasteiger partial charge in [-0.3, -0.25) is 0 Å². The Morgan fingerprint density at radius 3 is 2.47 bits per heavy atom. The monoisotopic (exact) mass is 282 g/mol. The summed E-state index contributed by atoms with van der Waals surface area (Å²) in [5, 5.41) is 3.41. The van der Waals surface area contributed by atoms with Crippen LogP contribution in [-0.2, 0) is 9.84 Å². The first-order chi connectivity index (χ1) is 9.03. The van der Waals surface area contributed by atoms with Gasteiger partial charge in [0.15, 0.2) is 9.84 Å². The molecule has 0 atom stereocenters. The number of anilines is 1. The predicted molar refractivity (Wildman–Crippen MR) is 78.0 cm³/mol. The maximum Gasteiger partial charge on any atom is 0.180 e. The molecule has 0 spiro atoms. The van der Waals surface area contributed by atoms with Crippen LogP contribution in [0.25, 0.3) is 0 Å². The third-order valence-corrected chi connectivity index (χ3v) is 5.74. The second-order valence-corrected chi connectivity index (χ2v) is 7.46. The number of hydrogen-bond acceptors (Lipinski definition) is 4. The fourth-order valence-corrected chi connectivity index (χ4v) is 3.77. The maximum absolute atomic E-state index is 12.1. The Kier molecular flexibility index (Phi) is 4.16. The van der Waals surface area contributed by atoms with Gasteiger partial charge >= 0.3 is 0 Å². The minimum absolute atomic E-state index is 0.112. The van der Waals surface area contributed by atoms with Gasteiger partial charge < -0.3 is 11.1 Å². The van der Waals surface area contributed by atoms with E-state index in [0.717, 1.165) is 25.7 Å². The molecule has 0 heterocycles. The smallest absolute Gasteiger partial charge is 0.180 e. The second-order valence-electron chi connectivity index (χ2n) is 5.22. The molecule has 0 amide bonds. The molecule has 0 unspecified atom stereocenters. The van der Waals surface area contributed by atoms with Gasteiger partial charge in [-0.2, -0.15) is 0 Å². The first kappa shape index (κ1) is 14.3. The van der Waals surface area contributed by atoms with Crippen LogP contribution in [0.2, 0.25) is 0 Å². The van der Waals surface area contributed by atoms with E-state index in [4.69, 9.17) is 5.73 Å². The van der Waals surface area contributed by atoms with E-state index >= 15 is 0 Å². The van der Waals surface area contributed by atoms with Crippen LogP contribution in [0.3, 0.4) is 0 Å². The number of nitrogens with one attached hydrogen (secondary N) is 1. The zero-order valence-electron chi connectivity index (χ0n) is 11.4. The molecular formula is C14H22N2O2S. The molecule has 0 aromatic heterocycles. The van der Waals surface area contributed by atoms with Crippen LogP contribution >= 0.6 is 0 Å². The van der Waals surface area contributed by atoms with Crippen molar-refractivity contribution in [1.82, 2.24) is 0 Å². The standard InChI is InChI=1S/C14H22N2O2S/c1-2-19(17,18)13-8-4-3-7-12(13)16-14(11-15)9-5-6-10-14/h3-4,7-8,16H,2,5-6,9-11,15H2,1H3. The predicted octanol–water partition coefficient (Wildman–Crippen LogP) is 2.16. The number of para-hydroxylation sites is 1. The summed E-state index contributed by atoms with van der Waals surface area (Å²) in [7, 11) is -3.21. The van der Waals surface area contributed by atoms with Gasteiger partial charge in [-0.25, -0.2) is 8.42 Å². The van der Waals surface area contributed by atoms with Crippen LogP contribution < -0.4 is 11.1 Å². The molecule has 0 bridgehead atoms. The van der Waals surface area contributed by atoms with Crippen molar-refractivity contribution in [1.29, 1.82) is 0 Å². The molecule has 0 saturated heterocycles. The zero-order chi connectivity index (χ0) is 13.9. The molecule has 5 heteroatoms. The van der Waals surface area contributed by atoms with E-state index in [2.05, 4.69) is 5.32 Å². The van der Waals surface area contributed by atoms with Gasteiger partial charge in [-0.05, 0) is 25.0 Å². The molecule has 19 heavy (non-hydrogen) atoms. The average molecular weight is 282 g/mol. The normalized spacial score (nSPS) is 18.4. The minimum atomic E-state index is -3.21. The first-order valence-electron chi connectivity index (χ1n) is 6.83. The number of sulfone groups is 1. The third-order valence-electron chi connectivity index (χ3n) is 3.95. The molecule has 0 aliphatic heterocycles. The molecule has 1 fully saturated rings. The fraction of sp³-hybridized carbons (Fsp3) is 0.571. The van der Waals surface area contributed by atoms with Crippen LogP contribution in [0.5, 0.6) is 0 Å². The van der Waals surface area contributed by atoms with E-state index in [1.165, 1.54) is 0 Å². The molecule has 1 aromatic carbocycles. The third kappa shape index (κ3) is 2.92. The van der Waals surface area contributed by atoms with Crippen molar-refractivity contribution in [3.8, 4) is 0 Å². The number of rotatable bonds is 5. The largest absolute Gasteiger partial charge is 0.377 e. The van der Waals surface area contributed by atoms with E-state index in [9.17, 15) is 8.42 Å². The van der Waals surface area contributed by atoms with Gasteiger partial charge in [0.1, 0.15) is 0 Å². The van der Waals surface area contributed by atoms with E-state index < -0.39 is 9.84 Å². The van der Waals surface area contributed by atoms with Gasteiger partial charge in [-0.1, -0.05) is 31.9 Å². The minimum Gasteiger partial charge on any atom is -0.377 e. The summed E-state index contributed by atoms with van der Waals surface area (Å²) in [4.78, 5) is 0.386. The SMILES string of the molecule is CCS(=O)(=O)c1ccccc1NC1(CN)CCCC1. The number of benzene rings is 1. The van der Waals surface area contributed by atoms with Crippen LogP contribution in [0.4, 0.5) is 5.69 Å². The van der Waals surface area contributed by atoms with E-state index in [1.54, 1.807) is 19.1 Å². The summed E-state index contributed by atoms with van der Waals surface area (Å²) in [6.45, 7) is 2.20. The lowest BCUT2D eigenvalue weighted by molar-refractivity contribution is 0.492. The van der Waals surface area contributed by atoms with E-state index in [1.807, 2.05) is 12.1 Å². The summed E-state index contributed by atoms with van der Waals surface area (Å²) in [6, 6.07) is 7.12. The number of hydrogen-bond donors (Lipinski definition) is 2. The average Bonchev–Trinajstić information content (AvgIpc) is 2.88. The lowest BCUT2D eigenvalue weighted by Gasteiger charge is -2.31. The summed E-state index contributed by atoms with van der Waals surface area (Å²) in [5.74, 6) is 0.112. The number of nitrogens with two attached hydrogens (primary N) is 1. The molecule has 3 N–H and O–H groups in total. The van der Waals surface area contributed by atoms with Gasteiger partial charge in [0.25, 0.3) is 0 Å².